The van der Waals surface area contributed by atoms with E-state index in [0.29, 0.717) is 33.2 Å². The Morgan fingerprint density at radius 3 is 0.923 bits per heavy atom. The van der Waals surface area contributed by atoms with E-state index in [2.05, 4.69) is 132 Å². The van der Waals surface area contributed by atoms with Gasteiger partial charge in [0.1, 0.15) is 0 Å². The van der Waals surface area contributed by atoms with Crippen molar-refractivity contribution in [3.8, 4) is 0 Å². The van der Waals surface area contributed by atoms with Crippen LogP contribution in [0.3, 0.4) is 0 Å². The second-order valence-electron chi connectivity index (χ2n) is 12.7. The third-order valence-electron chi connectivity index (χ3n) is 8.82. The molecule has 0 fully saturated rings. The Kier molecular flexibility index (Phi) is 18.0. The van der Waals surface area contributed by atoms with Gasteiger partial charge in [-0.25, -0.2) is 0 Å². The maximum absolute atomic E-state index is 5.67. The van der Waals surface area contributed by atoms with Crippen LogP contribution in [-0.2, 0) is 39.0 Å². The summed E-state index contributed by atoms with van der Waals surface area (Å²) in [4.78, 5) is 11.3. The molecule has 5 heteroatoms. The second-order valence-corrected chi connectivity index (χ2v) is 23.6. The van der Waals surface area contributed by atoms with Crippen LogP contribution >= 0.6 is 0 Å². The minimum absolute atomic E-state index is 0. The molecule has 218 valence electrons. The quantitative estimate of drug-likeness (QED) is 0.153. The van der Waals surface area contributed by atoms with Crippen LogP contribution in [-0.4, -0.2) is 16.5 Å². The van der Waals surface area contributed by atoms with Gasteiger partial charge >= 0.3 is 26.2 Å². The van der Waals surface area contributed by atoms with Crippen LogP contribution < -0.4 is 0 Å². The van der Waals surface area contributed by atoms with Gasteiger partial charge in [0.15, 0.2) is 0 Å². The average molecular weight is 644 g/mol. The molecule has 2 aromatic rings. The summed E-state index contributed by atoms with van der Waals surface area (Å²) in [6.45, 7) is 28.7. The van der Waals surface area contributed by atoms with E-state index < -0.39 is 16.5 Å². The molecular formula is C34H60N2Si2Zr. The minimum Gasteiger partial charge on any atom is -0.686 e. The molecule has 0 saturated heterocycles. The Hall–Kier alpha value is -0.643. The second kappa shape index (κ2) is 17.3. The first-order chi connectivity index (χ1) is 16.8. The molecule has 0 aliphatic rings. The van der Waals surface area contributed by atoms with E-state index in [0.717, 1.165) is 12.8 Å². The largest absolute Gasteiger partial charge is 4.00 e. The molecule has 0 saturated carbocycles. The summed E-state index contributed by atoms with van der Waals surface area (Å²) in [5, 5.41) is 0. The molecule has 0 aliphatic heterocycles. The predicted octanol–water partition coefficient (Wildman–Crippen LogP) is 12.7. The van der Waals surface area contributed by atoms with Crippen LogP contribution in [0.2, 0.25) is 33.2 Å². The monoisotopic (exact) mass is 642 g/mol. The topological polar surface area (TPSA) is 28.2 Å². The summed E-state index contributed by atoms with van der Waals surface area (Å²) in [6, 6.07) is 17.8. The van der Waals surface area contributed by atoms with Gasteiger partial charge in [0.25, 0.3) is 0 Å². The van der Waals surface area contributed by atoms with E-state index in [1.807, 2.05) is 0 Å². The van der Waals surface area contributed by atoms with Gasteiger partial charge in [-0.3, -0.25) is 0 Å². The Morgan fingerprint density at radius 2 is 0.692 bits per heavy atom. The molecule has 0 N–H and O–H groups in total. The third kappa shape index (κ3) is 8.92. The molecule has 0 unspecified atom stereocenters. The summed E-state index contributed by atoms with van der Waals surface area (Å²) in [5.41, 5.74) is 8.92. The van der Waals surface area contributed by atoms with Crippen molar-refractivity contribution in [2.45, 2.75) is 129 Å². The number of hydrogen-bond donors (Lipinski definition) is 0. The van der Waals surface area contributed by atoms with Crippen LogP contribution in [0.1, 0.15) is 94.2 Å². The maximum atomic E-state index is 5.67. The van der Waals surface area contributed by atoms with Gasteiger partial charge in [0.05, 0.1) is 0 Å². The van der Waals surface area contributed by atoms with Gasteiger partial charge in [0.2, 0.25) is 0 Å². The average Bonchev–Trinajstić information content (AvgIpc) is 2.79. The van der Waals surface area contributed by atoms with Gasteiger partial charge in [-0.05, 0) is 29.3 Å². The van der Waals surface area contributed by atoms with Crippen molar-refractivity contribution in [3.63, 3.8) is 0 Å². The first-order valence-electron chi connectivity index (χ1n) is 14.4. The van der Waals surface area contributed by atoms with E-state index in [1.165, 1.54) is 22.5 Å². The summed E-state index contributed by atoms with van der Waals surface area (Å²) in [5.74, 6) is 0. The Morgan fingerprint density at radius 1 is 0.462 bits per heavy atom. The van der Waals surface area contributed by atoms with Crippen molar-refractivity contribution in [2.75, 3.05) is 0 Å². The molecule has 0 atom stereocenters. The fourth-order valence-electron chi connectivity index (χ4n) is 7.12. The maximum Gasteiger partial charge on any atom is 4.00 e. The first kappa shape index (κ1) is 40.5. The van der Waals surface area contributed by atoms with E-state index in [-0.39, 0.29) is 41.1 Å². The normalized spacial score (nSPS) is 12.1. The molecule has 2 aromatic carbocycles. The molecule has 0 aromatic heterocycles. The van der Waals surface area contributed by atoms with Crippen molar-refractivity contribution in [1.82, 2.24) is 0 Å². The van der Waals surface area contributed by atoms with E-state index in [9.17, 15) is 0 Å². The first-order valence-corrected chi connectivity index (χ1v) is 18.8. The molecule has 2 nitrogen and oxygen atoms in total. The molecule has 39 heavy (non-hydrogen) atoms. The van der Waals surface area contributed by atoms with Crippen molar-refractivity contribution >= 4 is 27.8 Å². The molecule has 0 heterocycles. The van der Waals surface area contributed by atoms with Crippen molar-refractivity contribution < 1.29 is 26.2 Å². The summed E-state index contributed by atoms with van der Waals surface area (Å²) in [7, 11) is -3.75. The molecule has 2 rings (SSSR count). The fourth-order valence-corrected chi connectivity index (χ4v) is 17.9. The molecule has 0 amide bonds. The van der Waals surface area contributed by atoms with Gasteiger partial charge in [-0.15, -0.1) is 11.4 Å². The minimum atomic E-state index is -1.88. The standard InChI is InChI=1S/C32H54N2Si2.2CH3.Zr/c1-23(2)35(24(3)4,25(5)6)33-31-19-15-13-17-29(31)21-22-30-18-14-16-20-32(30)34-36(26(7)8,27(9)10)28(11)12;;;/h13-20,23-28H,21-22H2,1-12H3;2*1H3;/q-2;2*-1;+4. The van der Waals surface area contributed by atoms with Crippen LogP contribution in [0.4, 0.5) is 11.4 Å². The van der Waals surface area contributed by atoms with E-state index in [1.54, 1.807) is 0 Å². The van der Waals surface area contributed by atoms with Crippen LogP contribution in [0.15, 0.2) is 48.5 Å². The Balaban J connectivity index is 0. The van der Waals surface area contributed by atoms with Gasteiger partial charge in [0, 0.05) is 0 Å². The smallest absolute Gasteiger partial charge is 0.686 e. The Bertz CT molecular complexity index is 833. The van der Waals surface area contributed by atoms with E-state index >= 15 is 0 Å². The van der Waals surface area contributed by atoms with Crippen molar-refractivity contribution in [3.05, 3.63) is 84.5 Å². The van der Waals surface area contributed by atoms with Crippen molar-refractivity contribution in [1.29, 1.82) is 0 Å². The number of nitrogens with zero attached hydrogens (tertiary/aromatic N) is 2. The number of aryl methyl sites for hydroxylation is 2. The Labute approximate surface area is 266 Å². The molecular weight excluding hydrogens is 584 g/mol. The fraction of sp³-hybridized carbons (Fsp3) is 0.588. The zero-order valence-corrected chi connectivity index (χ0v) is 32.3. The molecule has 0 spiro atoms. The zero-order valence-electron chi connectivity index (χ0n) is 27.9. The van der Waals surface area contributed by atoms with Crippen LogP contribution in [0.5, 0.6) is 0 Å². The number of benzene rings is 2. The summed E-state index contributed by atoms with van der Waals surface area (Å²) in [6.07, 6.45) is 2.01. The summed E-state index contributed by atoms with van der Waals surface area (Å²) < 4.78 is 0. The molecule has 0 radical (unpaired) electrons. The molecule has 0 bridgehead atoms. The molecule has 0 aliphatic carbocycles. The summed E-state index contributed by atoms with van der Waals surface area (Å²) >= 11 is 0. The van der Waals surface area contributed by atoms with Gasteiger partial charge in [-0.2, -0.15) is 0 Å². The van der Waals surface area contributed by atoms with Crippen LogP contribution in [0.25, 0.3) is 9.96 Å². The third-order valence-corrected chi connectivity index (χ3v) is 21.2. The van der Waals surface area contributed by atoms with Crippen LogP contribution in [0, 0.1) is 14.9 Å². The van der Waals surface area contributed by atoms with E-state index in [4.69, 9.17) is 9.96 Å². The van der Waals surface area contributed by atoms with Crippen molar-refractivity contribution in [2.24, 2.45) is 0 Å². The van der Waals surface area contributed by atoms with Gasteiger partial charge < -0.3 is 24.8 Å². The van der Waals surface area contributed by atoms with Gasteiger partial charge in [-0.1, -0.05) is 176 Å². The number of hydrogen-bond acceptors (Lipinski definition) is 0. The zero-order chi connectivity index (χ0) is 27.3. The SMILES string of the molecule is CC(C)[Si]([N-]c1ccccc1CCc1ccccc1[N-][Si](C(C)C)(C(C)C)C(C)C)(C(C)C)C(C)C.[CH3-].[CH3-].[Zr+4]. The number of rotatable bonds is 13. The predicted molar refractivity (Wildman–Crippen MR) is 181 cm³/mol.